The lowest BCUT2D eigenvalue weighted by molar-refractivity contribution is -0.0609. The molecule has 114 valence electrons. The average Bonchev–Trinajstić information content (AvgIpc) is 2.96. The van der Waals surface area contributed by atoms with E-state index in [-0.39, 0.29) is 11.6 Å². The van der Waals surface area contributed by atoms with E-state index in [1.807, 2.05) is 0 Å². The summed E-state index contributed by atoms with van der Waals surface area (Å²) in [6.07, 6.45) is 5.34. The number of aromatic nitrogens is 2. The van der Waals surface area contributed by atoms with Crippen LogP contribution in [0.1, 0.15) is 70.6 Å². The summed E-state index contributed by atoms with van der Waals surface area (Å²) in [7, 11) is 1.75. The van der Waals surface area contributed by atoms with Crippen molar-refractivity contribution < 1.29 is 9.26 Å². The average molecular weight is 281 g/mol. The minimum Gasteiger partial charge on any atom is -0.370 e. The Bertz CT molecular complexity index is 411. The zero-order valence-corrected chi connectivity index (χ0v) is 13.1. The fourth-order valence-electron chi connectivity index (χ4n) is 2.79. The van der Waals surface area contributed by atoms with E-state index in [0.29, 0.717) is 11.7 Å². The maximum Gasteiger partial charge on any atom is 0.243 e. The second-order valence-electron chi connectivity index (χ2n) is 6.01. The van der Waals surface area contributed by atoms with Crippen LogP contribution in [-0.4, -0.2) is 23.8 Å². The van der Waals surface area contributed by atoms with Crippen molar-refractivity contribution in [3.05, 3.63) is 11.7 Å². The third-order valence-electron chi connectivity index (χ3n) is 4.39. The Kier molecular flexibility index (Phi) is 5.16. The van der Waals surface area contributed by atoms with Gasteiger partial charge in [-0.15, -0.1) is 0 Å². The molecule has 0 radical (unpaired) electrons. The number of hydrogen-bond acceptors (Lipinski definition) is 5. The number of methoxy groups -OCH3 is 1. The van der Waals surface area contributed by atoms with Crippen LogP contribution in [0, 0.1) is 5.92 Å². The first-order valence-corrected chi connectivity index (χ1v) is 7.74. The van der Waals surface area contributed by atoms with Gasteiger partial charge >= 0.3 is 0 Å². The van der Waals surface area contributed by atoms with Crippen LogP contribution in [-0.2, 0) is 10.3 Å². The maximum absolute atomic E-state index is 5.78. The van der Waals surface area contributed by atoms with Crippen molar-refractivity contribution in [3.63, 3.8) is 0 Å². The molecule has 0 amide bonds. The molecular weight excluding hydrogens is 254 g/mol. The highest BCUT2D eigenvalue weighted by atomic mass is 16.5. The second-order valence-corrected chi connectivity index (χ2v) is 6.01. The minimum absolute atomic E-state index is 0.0904. The molecule has 2 rings (SSSR count). The van der Waals surface area contributed by atoms with E-state index in [9.17, 15) is 0 Å². The molecule has 1 fully saturated rings. The first-order valence-electron chi connectivity index (χ1n) is 7.74. The molecule has 1 saturated carbocycles. The van der Waals surface area contributed by atoms with Gasteiger partial charge in [0, 0.05) is 7.11 Å². The van der Waals surface area contributed by atoms with Crippen molar-refractivity contribution in [1.29, 1.82) is 0 Å². The van der Waals surface area contributed by atoms with Gasteiger partial charge < -0.3 is 14.6 Å². The van der Waals surface area contributed by atoms with Crippen molar-refractivity contribution in [3.8, 4) is 0 Å². The van der Waals surface area contributed by atoms with Crippen LogP contribution < -0.4 is 5.32 Å². The van der Waals surface area contributed by atoms with Gasteiger partial charge in [-0.05, 0) is 51.5 Å². The second kappa shape index (κ2) is 6.68. The molecule has 1 aliphatic carbocycles. The van der Waals surface area contributed by atoms with Crippen molar-refractivity contribution in [2.45, 2.75) is 64.5 Å². The largest absolute Gasteiger partial charge is 0.370 e. The number of nitrogens with zero attached hydrogens (tertiary/aromatic N) is 2. The fraction of sp³-hybridized carbons (Fsp3) is 0.867. The van der Waals surface area contributed by atoms with Crippen LogP contribution in [0.3, 0.4) is 0 Å². The van der Waals surface area contributed by atoms with Crippen LogP contribution in [0.25, 0.3) is 0 Å². The molecule has 0 saturated heterocycles. The van der Waals surface area contributed by atoms with E-state index in [0.717, 1.165) is 44.6 Å². The first kappa shape index (κ1) is 15.4. The van der Waals surface area contributed by atoms with Crippen LogP contribution >= 0.6 is 0 Å². The predicted molar refractivity (Wildman–Crippen MR) is 77.3 cm³/mol. The highest BCUT2D eigenvalue weighted by Gasteiger charge is 2.40. The number of ether oxygens (including phenoxy) is 1. The Morgan fingerprint density at radius 1 is 1.45 bits per heavy atom. The van der Waals surface area contributed by atoms with Gasteiger partial charge in [0.2, 0.25) is 11.7 Å². The molecule has 1 N–H and O–H groups in total. The SMILES string of the molecule is CCCNC(C)c1nc(C2(OC)CCC(C)CC2)no1. The van der Waals surface area contributed by atoms with Gasteiger partial charge in [-0.3, -0.25) is 0 Å². The zero-order chi connectivity index (χ0) is 14.6. The van der Waals surface area contributed by atoms with E-state index in [2.05, 4.69) is 36.2 Å². The zero-order valence-electron chi connectivity index (χ0n) is 13.1. The topological polar surface area (TPSA) is 60.2 Å². The number of hydrogen-bond donors (Lipinski definition) is 1. The Morgan fingerprint density at radius 2 is 2.15 bits per heavy atom. The molecule has 0 aromatic carbocycles. The van der Waals surface area contributed by atoms with Crippen LogP contribution in [0.5, 0.6) is 0 Å². The summed E-state index contributed by atoms with van der Waals surface area (Å²) < 4.78 is 11.2. The van der Waals surface area contributed by atoms with Gasteiger partial charge in [-0.2, -0.15) is 4.98 Å². The molecule has 0 bridgehead atoms. The van der Waals surface area contributed by atoms with E-state index < -0.39 is 0 Å². The van der Waals surface area contributed by atoms with Crippen molar-refractivity contribution in [1.82, 2.24) is 15.5 Å². The Morgan fingerprint density at radius 3 is 2.75 bits per heavy atom. The predicted octanol–water partition coefficient (Wildman–Crippen LogP) is 3.18. The van der Waals surface area contributed by atoms with E-state index >= 15 is 0 Å². The minimum atomic E-state index is -0.348. The van der Waals surface area contributed by atoms with Crippen molar-refractivity contribution in [2.75, 3.05) is 13.7 Å². The lowest BCUT2D eigenvalue weighted by atomic mass is 9.79. The van der Waals surface area contributed by atoms with E-state index in [4.69, 9.17) is 9.26 Å². The quantitative estimate of drug-likeness (QED) is 0.867. The molecule has 1 heterocycles. The lowest BCUT2D eigenvalue weighted by Crippen LogP contribution is -2.34. The molecule has 0 spiro atoms. The normalized spacial score (nSPS) is 28.5. The van der Waals surface area contributed by atoms with Crippen molar-refractivity contribution >= 4 is 0 Å². The van der Waals surface area contributed by atoms with Gasteiger partial charge in [0.05, 0.1) is 6.04 Å². The molecule has 1 aromatic heterocycles. The molecular formula is C15H27N3O2. The van der Waals surface area contributed by atoms with Crippen LogP contribution in [0.15, 0.2) is 4.52 Å². The van der Waals surface area contributed by atoms with E-state index in [1.54, 1.807) is 7.11 Å². The highest BCUT2D eigenvalue weighted by Crippen LogP contribution is 2.40. The van der Waals surface area contributed by atoms with Gasteiger partial charge in [0.25, 0.3) is 0 Å². The molecule has 5 nitrogen and oxygen atoms in total. The summed E-state index contributed by atoms with van der Waals surface area (Å²) in [5.41, 5.74) is -0.348. The van der Waals surface area contributed by atoms with Gasteiger partial charge in [-0.25, -0.2) is 0 Å². The molecule has 5 heteroatoms. The van der Waals surface area contributed by atoms with Gasteiger partial charge in [0.15, 0.2) is 0 Å². The summed E-state index contributed by atoms with van der Waals surface area (Å²) in [6, 6.07) is 0.0904. The Balaban J connectivity index is 2.10. The molecule has 0 aliphatic heterocycles. The molecule has 1 atom stereocenters. The van der Waals surface area contributed by atoms with Crippen LogP contribution in [0.2, 0.25) is 0 Å². The fourth-order valence-corrected chi connectivity index (χ4v) is 2.79. The number of nitrogens with one attached hydrogen (secondary N) is 1. The Labute approximate surface area is 121 Å². The third-order valence-corrected chi connectivity index (χ3v) is 4.39. The Hall–Kier alpha value is -0.940. The summed E-state index contributed by atoms with van der Waals surface area (Å²) in [6.45, 7) is 7.43. The summed E-state index contributed by atoms with van der Waals surface area (Å²) >= 11 is 0. The highest BCUT2D eigenvalue weighted by molar-refractivity contribution is 5.05. The molecule has 1 aliphatic rings. The third kappa shape index (κ3) is 3.20. The smallest absolute Gasteiger partial charge is 0.243 e. The van der Waals surface area contributed by atoms with Crippen molar-refractivity contribution in [2.24, 2.45) is 5.92 Å². The standard InChI is InChI=1S/C15H27N3O2/c1-5-10-16-12(3)13-17-14(18-20-13)15(19-4)8-6-11(2)7-9-15/h11-12,16H,5-10H2,1-4H3. The summed E-state index contributed by atoms with van der Waals surface area (Å²) in [5.74, 6) is 2.13. The molecule has 1 unspecified atom stereocenters. The summed E-state index contributed by atoms with van der Waals surface area (Å²) in [5, 5.41) is 7.55. The lowest BCUT2D eigenvalue weighted by Gasteiger charge is -2.35. The summed E-state index contributed by atoms with van der Waals surface area (Å²) in [4.78, 5) is 4.59. The van der Waals surface area contributed by atoms with E-state index in [1.165, 1.54) is 0 Å². The van der Waals surface area contributed by atoms with Crippen LogP contribution in [0.4, 0.5) is 0 Å². The molecule has 20 heavy (non-hydrogen) atoms. The first-order chi connectivity index (χ1) is 9.61. The molecule has 1 aromatic rings. The van der Waals surface area contributed by atoms with Gasteiger partial charge in [0.1, 0.15) is 5.60 Å². The monoisotopic (exact) mass is 281 g/mol. The van der Waals surface area contributed by atoms with Gasteiger partial charge in [-0.1, -0.05) is 19.0 Å². The number of rotatable bonds is 6. The maximum atomic E-state index is 5.78.